The third-order valence-electron chi connectivity index (χ3n) is 3.98. The van der Waals surface area contributed by atoms with E-state index in [4.69, 9.17) is 4.74 Å². The van der Waals surface area contributed by atoms with Crippen molar-refractivity contribution in [2.75, 3.05) is 12.4 Å². The summed E-state index contributed by atoms with van der Waals surface area (Å²) in [7, 11) is 1.28. The molecule has 0 radical (unpaired) electrons. The number of hydrogen-bond donors (Lipinski definition) is 2. The highest BCUT2D eigenvalue weighted by Crippen LogP contribution is 2.37. The normalized spacial score (nSPS) is 19.3. The van der Waals surface area contributed by atoms with Crippen molar-refractivity contribution in [2.45, 2.75) is 18.6 Å². The molecule has 3 rings (SSSR count). The van der Waals surface area contributed by atoms with Crippen LogP contribution in [-0.4, -0.2) is 23.2 Å². The zero-order valence-corrected chi connectivity index (χ0v) is 12.3. The minimum atomic E-state index is -0.769. The van der Waals surface area contributed by atoms with Crippen LogP contribution in [0.1, 0.15) is 17.2 Å². The number of ether oxygens (including phenoxy) is 1. The number of aliphatic hydroxyl groups excluding tert-OH is 1. The van der Waals surface area contributed by atoms with E-state index >= 15 is 0 Å². The first-order valence-corrected chi connectivity index (χ1v) is 7.05. The maximum atomic E-state index is 14.2. The van der Waals surface area contributed by atoms with Crippen LogP contribution in [-0.2, 0) is 6.42 Å². The average Bonchev–Trinajstić information content (AvgIpc) is 2.84. The molecular formula is C16H15FN2O4. The fraction of sp³-hybridized carbons (Fsp3) is 0.250. The molecule has 120 valence electrons. The van der Waals surface area contributed by atoms with Gasteiger partial charge in [0.15, 0.2) is 11.6 Å². The number of benzene rings is 2. The Morgan fingerprint density at radius 3 is 2.83 bits per heavy atom. The molecule has 2 aromatic carbocycles. The molecule has 0 aliphatic heterocycles. The summed E-state index contributed by atoms with van der Waals surface area (Å²) in [6, 6.07) is 9.07. The molecule has 0 aromatic heterocycles. The summed E-state index contributed by atoms with van der Waals surface area (Å²) in [4.78, 5) is 10.2. The number of fused-ring (bicyclic) bond motifs is 1. The van der Waals surface area contributed by atoms with Gasteiger partial charge in [-0.3, -0.25) is 10.1 Å². The summed E-state index contributed by atoms with van der Waals surface area (Å²) < 4.78 is 19.1. The molecular weight excluding hydrogens is 303 g/mol. The molecule has 0 unspecified atom stereocenters. The van der Waals surface area contributed by atoms with E-state index in [1.807, 2.05) is 24.3 Å². The SMILES string of the molecule is COc1cc(N[C@H]2c3ccccc3C[C@H]2O)c(F)cc1[N+](=O)[O-]. The fourth-order valence-electron chi connectivity index (χ4n) is 2.88. The number of anilines is 1. The molecule has 0 fully saturated rings. The lowest BCUT2D eigenvalue weighted by Gasteiger charge is -2.20. The first kappa shape index (κ1) is 15.2. The van der Waals surface area contributed by atoms with Crippen LogP contribution in [0.3, 0.4) is 0 Å². The third kappa shape index (κ3) is 2.70. The highest BCUT2D eigenvalue weighted by atomic mass is 19.1. The Morgan fingerprint density at radius 2 is 2.13 bits per heavy atom. The quantitative estimate of drug-likeness (QED) is 0.669. The highest BCUT2D eigenvalue weighted by molar-refractivity contribution is 5.60. The Morgan fingerprint density at radius 1 is 1.39 bits per heavy atom. The van der Waals surface area contributed by atoms with E-state index in [1.165, 1.54) is 13.2 Å². The number of hydrogen-bond acceptors (Lipinski definition) is 5. The lowest BCUT2D eigenvalue weighted by atomic mass is 10.1. The average molecular weight is 318 g/mol. The van der Waals surface area contributed by atoms with Crippen LogP contribution in [0, 0.1) is 15.9 Å². The minimum absolute atomic E-state index is 0.0420. The summed E-state index contributed by atoms with van der Waals surface area (Å²) in [6.45, 7) is 0. The number of methoxy groups -OCH3 is 1. The van der Waals surface area contributed by atoms with Gasteiger partial charge in [-0.15, -0.1) is 0 Å². The first-order chi connectivity index (χ1) is 11.0. The molecule has 2 N–H and O–H groups in total. The number of nitrogens with zero attached hydrogens (tertiary/aromatic N) is 1. The second-order valence-electron chi connectivity index (χ2n) is 5.35. The molecule has 0 saturated heterocycles. The van der Waals surface area contributed by atoms with Crippen molar-refractivity contribution >= 4 is 11.4 Å². The smallest absolute Gasteiger partial charge is 0.313 e. The van der Waals surface area contributed by atoms with E-state index in [-0.39, 0.29) is 11.4 Å². The molecule has 0 bridgehead atoms. The Bertz CT molecular complexity index is 766. The van der Waals surface area contributed by atoms with E-state index in [9.17, 15) is 19.6 Å². The van der Waals surface area contributed by atoms with Gasteiger partial charge in [-0.2, -0.15) is 0 Å². The maximum Gasteiger partial charge on any atom is 0.313 e. The van der Waals surface area contributed by atoms with E-state index in [0.717, 1.165) is 17.2 Å². The Labute approximate surface area is 131 Å². The van der Waals surface area contributed by atoms with Gasteiger partial charge in [0.25, 0.3) is 0 Å². The van der Waals surface area contributed by atoms with Crippen LogP contribution in [0.15, 0.2) is 36.4 Å². The molecule has 1 aliphatic carbocycles. The van der Waals surface area contributed by atoms with Crippen molar-refractivity contribution in [1.82, 2.24) is 0 Å². The Balaban J connectivity index is 1.96. The van der Waals surface area contributed by atoms with Gasteiger partial charge >= 0.3 is 5.69 Å². The van der Waals surface area contributed by atoms with Crippen LogP contribution in [0.5, 0.6) is 5.75 Å². The van der Waals surface area contributed by atoms with Crippen LogP contribution >= 0.6 is 0 Å². The molecule has 0 amide bonds. The van der Waals surface area contributed by atoms with Crippen molar-refractivity contribution < 1.29 is 19.2 Å². The molecule has 7 heteroatoms. The van der Waals surface area contributed by atoms with E-state index in [2.05, 4.69) is 5.32 Å². The maximum absolute atomic E-state index is 14.2. The number of nitro benzene ring substituents is 1. The zero-order valence-electron chi connectivity index (χ0n) is 12.3. The number of halogens is 1. The molecule has 2 aromatic rings. The van der Waals surface area contributed by atoms with Gasteiger partial charge in [0, 0.05) is 12.5 Å². The topological polar surface area (TPSA) is 84.6 Å². The molecule has 1 aliphatic rings. The van der Waals surface area contributed by atoms with Crippen molar-refractivity contribution in [3.05, 3.63) is 63.5 Å². The van der Waals surface area contributed by atoms with Crippen LogP contribution < -0.4 is 10.1 Å². The number of aliphatic hydroxyl groups is 1. The van der Waals surface area contributed by atoms with Crippen molar-refractivity contribution in [1.29, 1.82) is 0 Å². The van der Waals surface area contributed by atoms with Gasteiger partial charge in [-0.25, -0.2) is 4.39 Å². The van der Waals surface area contributed by atoms with Gasteiger partial charge in [-0.05, 0) is 11.1 Å². The molecule has 6 nitrogen and oxygen atoms in total. The van der Waals surface area contributed by atoms with Gasteiger partial charge < -0.3 is 15.2 Å². The summed E-state index contributed by atoms with van der Waals surface area (Å²) in [5.41, 5.74) is 1.49. The summed E-state index contributed by atoms with van der Waals surface area (Å²) in [5.74, 6) is -0.811. The number of rotatable bonds is 4. The number of nitro groups is 1. The standard InChI is InChI=1S/C16H15FN2O4/c1-23-15-8-12(11(17)7-13(15)19(21)22)18-16-10-5-3-2-4-9(10)6-14(16)20/h2-5,7-8,14,16,18,20H,6H2,1H3/t14-,16+/m1/s1. The predicted octanol–water partition coefficient (Wildman–Crippen LogP) is 2.81. The monoisotopic (exact) mass is 318 g/mol. The van der Waals surface area contributed by atoms with Gasteiger partial charge in [-0.1, -0.05) is 24.3 Å². The third-order valence-corrected chi connectivity index (χ3v) is 3.98. The van der Waals surface area contributed by atoms with E-state index < -0.39 is 28.6 Å². The van der Waals surface area contributed by atoms with Crippen molar-refractivity contribution in [2.24, 2.45) is 0 Å². The van der Waals surface area contributed by atoms with E-state index in [1.54, 1.807) is 0 Å². The second kappa shape index (κ2) is 5.85. The number of nitrogens with one attached hydrogen (secondary N) is 1. The molecule has 0 saturated carbocycles. The molecule has 2 atom stereocenters. The van der Waals surface area contributed by atoms with Gasteiger partial charge in [0.1, 0.15) is 0 Å². The summed E-state index contributed by atoms with van der Waals surface area (Å²) >= 11 is 0. The minimum Gasteiger partial charge on any atom is -0.490 e. The van der Waals surface area contributed by atoms with E-state index in [0.29, 0.717) is 6.42 Å². The van der Waals surface area contributed by atoms with Crippen molar-refractivity contribution in [3.63, 3.8) is 0 Å². The summed E-state index contributed by atoms with van der Waals surface area (Å²) in [5, 5.41) is 24.0. The lowest BCUT2D eigenvalue weighted by Crippen LogP contribution is -2.21. The van der Waals surface area contributed by atoms with Crippen LogP contribution in [0.25, 0.3) is 0 Å². The largest absolute Gasteiger partial charge is 0.490 e. The predicted molar refractivity (Wildman–Crippen MR) is 82.1 cm³/mol. The van der Waals surface area contributed by atoms with Crippen LogP contribution in [0.4, 0.5) is 15.8 Å². The first-order valence-electron chi connectivity index (χ1n) is 7.05. The second-order valence-corrected chi connectivity index (χ2v) is 5.35. The van der Waals surface area contributed by atoms with Gasteiger partial charge in [0.05, 0.1) is 35.9 Å². The fourth-order valence-corrected chi connectivity index (χ4v) is 2.88. The summed E-state index contributed by atoms with van der Waals surface area (Å²) in [6.07, 6.45) is -0.229. The molecule has 0 spiro atoms. The lowest BCUT2D eigenvalue weighted by molar-refractivity contribution is -0.385. The Kier molecular flexibility index (Phi) is 3.87. The Hall–Kier alpha value is -2.67. The van der Waals surface area contributed by atoms with Crippen LogP contribution in [0.2, 0.25) is 0 Å². The molecule has 23 heavy (non-hydrogen) atoms. The highest BCUT2D eigenvalue weighted by Gasteiger charge is 2.32. The zero-order chi connectivity index (χ0) is 16.6. The molecule has 0 heterocycles. The van der Waals surface area contributed by atoms with Gasteiger partial charge in [0.2, 0.25) is 0 Å². The van der Waals surface area contributed by atoms with Crippen molar-refractivity contribution in [3.8, 4) is 5.75 Å².